The van der Waals surface area contributed by atoms with Crippen LogP contribution in [-0.2, 0) is 6.42 Å². The first-order valence-corrected chi connectivity index (χ1v) is 11.3. The molecule has 0 saturated heterocycles. The van der Waals surface area contributed by atoms with Gasteiger partial charge in [-0.1, -0.05) is 48.5 Å². The lowest BCUT2D eigenvalue weighted by Crippen LogP contribution is -2.33. The Hall–Kier alpha value is -4.06. The molecular formula is C28H29N3O3. The van der Waals surface area contributed by atoms with Gasteiger partial charge in [0.1, 0.15) is 17.3 Å². The molecule has 1 aromatic heterocycles. The number of nitrogens with one attached hydrogen (secondary N) is 2. The summed E-state index contributed by atoms with van der Waals surface area (Å²) in [5.41, 5.74) is 3.31. The smallest absolute Gasteiger partial charge is 0.252 e. The third-order valence-corrected chi connectivity index (χ3v) is 5.72. The highest BCUT2D eigenvalue weighted by atomic mass is 16.5. The highest BCUT2D eigenvalue weighted by Crippen LogP contribution is 2.32. The second-order valence-electron chi connectivity index (χ2n) is 8.16. The summed E-state index contributed by atoms with van der Waals surface area (Å²) in [7, 11) is 3.21. The number of benzene rings is 3. The monoisotopic (exact) mass is 455 g/mol. The van der Waals surface area contributed by atoms with Crippen molar-refractivity contribution in [2.24, 2.45) is 0 Å². The first kappa shape index (κ1) is 23.1. The van der Waals surface area contributed by atoms with E-state index in [9.17, 15) is 4.79 Å². The number of pyridine rings is 1. The number of para-hydroxylation sites is 1. The number of hydrogen-bond donors (Lipinski definition) is 2. The maximum atomic E-state index is 13.3. The van der Waals surface area contributed by atoms with E-state index in [0.717, 1.165) is 29.4 Å². The predicted octanol–water partition coefficient (Wildman–Crippen LogP) is 5.75. The Labute approximate surface area is 199 Å². The van der Waals surface area contributed by atoms with Gasteiger partial charge in [0.15, 0.2) is 0 Å². The van der Waals surface area contributed by atoms with Crippen LogP contribution in [0.1, 0.15) is 29.3 Å². The topological polar surface area (TPSA) is 72.5 Å². The minimum absolute atomic E-state index is 0.0257. The summed E-state index contributed by atoms with van der Waals surface area (Å²) in [5, 5.41) is 7.25. The lowest BCUT2D eigenvalue weighted by atomic mass is 10.0. The van der Waals surface area contributed by atoms with Gasteiger partial charge in [0.2, 0.25) is 0 Å². The molecule has 4 rings (SSSR count). The Bertz CT molecular complexity index is 1270. The summed E-state index contributed by atoms with van der Waals surface area (Å²) >= 11 is 0. The molecule has 6 heteroatoms. The minimum Gasteiger partial charge on any atom is -0.497 e. The number of nitrogens with zero attached hydrogens (tertiary/aromatic N) is 1. The van der Waals surface area contributed by atoms with Crippen molar-refractivity contribution >= 4 is 28.3 Å². The number of carbonyl (C=O) groups is 1. The molecule has 34 heavy (non-hydrogen) atoms. The van der Waals surface area contributed by atoms with Crippen LogP contribution in [0.4, 0.5) is 11.5 Å². The van der Waals surface area contributed by atoms with E-state index in [1.165, 1.54) is 5.56 Å². The Morgan fingerprint density at radius 1 is 0.941 bits per heavy atom. The third kappa shape index (κ3) is 5.46. The Morgan fingerprint density at radius 3 is 2.47 bits per heavy atom. The molecule has 1 amide bonds. The fraction of sp³-hybridized carbons (Fsp3) is 0.214. The average molecular weight is 456 g/mol. The van der Waals surface area contributed by atoms with Crippen LogP contribution in [0.15, 0.2) is 78.9 Å². The molecule has 1 atom stereocenters. The zero-order valence-electron chi connectivity index (χ0n) is 19.7. The van der Waals surface area contributed by atoms with Gasteiger partial charge < -0.3 is 20.1 Å². The van der Waals surface area contributed by atoms with Crippen molar-refractivity contribution < 1.29 is 14.3 Å². The van der Waals surface area contributed by atoms with Crippen LogP contribution in [0, 0.1) is 0 Å². The van der Waals surface area contributed by atoms with E-state index in [4.69, 9.17) is 14.5 Å². The number of aromatic nitrogens is 1. The number of aryl methyl sites for hydroxylation is 1. The molecule has 1 heterocycles. The van der Waals surface area contributed by atoms with Crippen molar-refractivity contribution in [1.82, 2.24) is 10.3 Å². The number of amides is 1. The number of rotatable bonds is 9. The van der Waals surface area contributed by atoms with Crippen LogP contribution in [0.25, 0.3) is 10.9 Å². The maximum Gasteiger partial charge on any atom is 0.252 e. The van der Waals surface area contributed by atoms with E-state index in [1.54, 1.807) is 26.4 Å². The van der Waals surface area contributed by atoms with Crippen molar-refractivity contribution in [3.05, 3.63) is 90.0 Å². The van der Waals surface area contributed by atoms with Crippen molar-refractivity contribution in [2.45, 2.75) is 25.8 Å². The molecule has 0 radical (unpaired) electrons. The number of methoxy groups -OCH3 is 2. The number of hydrogen-bond acceptors (Lipinski definition) is 5. The molecule has 0 aliphatic heterocycles. The summed E-state index contributed by atoms with van der Waals surface area (Å²) in [5.74, 6) is 1.75. The fourth-order valence-electron chi connectivity index (χ4n) is 3.87. The highest BCUT2D eigenvalue weighted by Gasteiger charge is 2.16. The Kier molecular flexibility index (Phi) is 7.28. The van der Waals surface area contributed by atoms with Crippen molar-refractivity contribution in [1.29, 1.82) is 0 Å². The first-order chi connectivity index (χ1) is 16.6. The lowest BCUT2D eigenvalue weighted by Gasteiger charge is -2.17. The van der Waals surface area contributed by atoms with E-state index in [-0.39, 0.29) is 11.9 Å². The molecular weight excluding hydrogens is 426 g/mol. The lowest BCUT2D eigenvalue weighted by molar-refractivity contribution is 0.0940. The van der Waals surface area contributed by atoms with Crippen LogP contribution >= 0.6 is 0 Å². The molecule has 0 fully saturated rings. The van der Waals surface area contributed by atoms with Crippen molar-refractivity contribution in [3.63, 3.8) is 0 Å². The molecule has 174 valence electrons. The van der Waals surface area contributed by atoms with Crippen LogP contribution in [0.5, 0.6) is 11.5 Å². The van der Waals surface area contributed by atoms with Gasteiger partial charge >= 0.3 is 0 Å². The third-order valence-electron chi connectivity index (χ3n) is 5.72. The molecule has 0 spiro atoms. The second kappa shape index (κ2) is 10.7. The summed E-state index contributed by atoms with van der Waals surface area (Å²) in [6.45, 7) is 2.03. The van der Waals surface area contributed by atoms with Gasteiger partial charge in [-0.3, -0.25) is 4.79 Å². The second-order valence-corrected chi connectivity index (χ2v) is 8.16. The molecule has 0 bridgehead atoms. The van der Waals surface area contributed by atoms with Gasteiger partial charge in [-0.05, 0) is 49.6 Å². The van der Waals surface area contributed by atoms with E-state index in [2.05, 4.69) is 22.8 Å². The van der Waals surface area contributed by atoms with Gasteiger partial charge in [0.05, 0.1) is 31.0 Å². The zero-order valence-corrected chi connectivity index (χ0v) is 19.7. The Balaban J connectivity index is 1.57. The molecule has 4 aromatic rings. The number of fused-ring (bicyclic) bond motifs is 1. The molecule has 2 N–H and O–H groups in total. The van der Waals surface area contributed by atoms with Crippen LogP contribution < -0.4 is 20.1 Å². The van der Waals surface area contributed by atoms with E-state index in [0.29, 0.717) is 22.9 Å². The standard InChI is InChI=1S/C28H29N3O3/c1-19(13-14-20-9-5-4-6-10-20)29-28(32)23-18-27(30-24-12-8-7-11-22(23)24)31-25-16-15-21(33-2)17-26(25)34-3/h4-12,15-19H,13-14H2,1-3H3,(H,29,32)(H,30,31). The fourth-order valence-corrected chi connectivity index (χ4v) is 3.87. The first-order valence-electron chi connectivity index (χ1n) is 11.3. The average Bonchev–Trinajstić information content (AvgIpc) is 2.87. The van der Waals surface area contributed by atoms with Crippen molar-refractivity contribution in [3.8, 4) is 11.5 Å². The number of carbonyl (C=O) groups excluding carboxylic acids is 1. The van der Waals surface area contributed by atoms with E-state index in [1.807, 2.05) is 61.5 Å². The summed E-state index contributed by atoms with van der Waals surface area (Å²) < 4.78 is 10.8. The van der Waals surface area contributed by atoms with Gasteiger partial charge in [-0.2, -0.15) is 0 Å². The SMILES string of the molecule is COc1ccc(Nc2cc(C(=O)NC(C)CCc3ccccc3)c3ccccc3n2)c(OC)c1. The molecule has 6 nitrogen and oxygen atoms in total. The van der Waals surface area contributed by atoms with Crippen LogP contribution in [0.2, 0.25) is 0 Å². The van der Waals surface area contributed by atoms with Crippen molar-refractivity contribution in [2.75, 3.05) is 19.5 Å². The number of ether oxygens (including phenoxy) is 2. The highest BCUT2D eigenvalue weighted by molar-refractivity contribution is 6.07. The predicted molar refractivity (Wildman–Crippen MR) is 136 cm³/mol. The molecule has 0 aliphatic rings. The number of anilines is 2. The van der Waals surface area contributed by atoms with Gasteiger partial charge in [0.25, 0.3) is 5.91 Å². The maximum absolute atomic E-state index is 13.3. The minimum atomic E-state index is -0.121. The molecule has 0 saturated carbocycles. The summed E-state index contributed by atoms with van der Waals surface area (Å²) in [4.78, 5) is 18.0. The van der Waals surface area contributed by atoms with Crippen LogP contribution in [0.3, 0.4) is 0 Å². The zero-order chi connectivity index (χ0) is 23.9. The van der Waals surface area contributed by atoms with E-state index >= 15 is 0 Å². The van der Waals surface area contributed by atoms with E-state index < -0.39 is 0 Å². The van der Waals surface area contributed by atoms with Gasteiger partial charge in [-0.25, -0.2) is 4.98 Å². The Morgan fingerprint density at radius 2 is 1.71 bits per heavy atom. The molecule has 0 aliphatic carbocycles. The molecule has 1 unspecified atom stereocenters. The summed E-state index contributed by atoms with van der Waals surface area (Å²) in [6.07, 6.45) is 1.76. The largest absolute Gasteiger partial charge is 0.497 e. The van der Waals surface area contributed by atoms with Gasteiger partial charge in [-0.15, -0.1) is 0 Å². The summed E-state index contributed by atoms with van der Waals surface area (Å²) in [6, 6.07) is 25.3. The molecule has 3 aromatic carbocycles. The van der Waals surface area contributed by atoms with Gasteiger partial charge in [0, 0.05) is 17.5 Å². The normalized spacial score (nSPS) is 11.6. The van der Waals surface area contributed by atoms with Crippen LogP contribution in [-0.4, -0.2) is 31.2 Å². The quantitative estimate of drug-likeness (QED) is 0.336.